The molecule has 0 saturated carbocycles. The second kappa shape index (κ2) is 9.84. The first-order valence-corrected chi connectivity index (χ1v) is 11.7. The van der Waals surface area contributed by atoms with Crippen LogP contribution in [0.25, 0.3) is 0 Å². The topological polar surface area (TPSA) is 37.3 Å². The Bertz CT molecular complexity index is 613. The molecule has 0 radical (unpaired) electrons. The van der Waals surface area contributed by atoms with E-state index in [0.29, 0.717) is 6.42 Å². The minimum Gasteiger partial charge on any atom is -0.424 e. The number of carbonyl (C=O) groups is 1. The number of benzene rings is 2. The standard InChI is InChI=1S/C23H32O2Si/c1-23(2,19-13-5-3-4-6-14-20-24)26(25,21-15-9-7-10-16-21)22-17-11-8-12-18-22/h7-12,15-18,20,25H,3-6,13-14,19H2,1-2H3. The highest BCUT2D eigenvalue weighted by molar-refractivity contribution is 6.98. The molecule has 0 bridgehead atoms. The first-order chi connectivity index (χ1) is 12.5. The molecule has 0 fully saturated rings. The molecule has 0 heterocycles. The van der Waals surface area contributed by atoms with Gasteiger partial charge in [0.05, 0.1) is 0 Å². The van der Waals surface area contributed by atoms with Gasteiger partial charge in [-0.3, -0.25) is 0 Å². The van der Waals surface area contributed by atoms with E-state index in [9.17, 15) is 9.59 Å². The van der Waals surface area contributed by atoms with Crippen LogP contribution in [0.4, 0.5) is 0 Å². The molecule has 2 aromatic rings. The van der Waals surface area contributed by atoms with Crippen molar-refractivity contribution in [3.63, 3.8) is 0 Å². The summed E-state index contributed by atoms with van der Waals surface area (Å²) in [7, 11) is -2.86. The summed E-state index contributed by atoms with van der Waals surface area (Å²) in [5.41, 5.74) is 0. The quantitative estimate of drug-likeness (QED) is 0.361. The summed E-state index contributed by atoms with van der Waals surface area (Å²) < 4.78 is 0. The van der Waals surface area contributed by atoms with Crippen LogP contribution in [-0.4, -0.2) is 19.4 Å². The Balaban J connectivity index is 2.13. The predicted molar refractivity (Wildman–Crippen MR) is 113 cm³/mol. The van der Waals surface area contributed by atoms with E-state index in [4.69, 9.17) is 0 Å². The van der Waals surface area contributed by atoms with Crippen molar-refractivity contribution in [1.82, 2.24) is 0 Å². The normalized spacial score (nSPS) is 12.1. The Morgan fingerprint density at radius 2 is 1.27 bits per heavy atom. The lowest BCUT2D eigenvalue weighted by Crippen LogP contribution is -2.65. The van der Waals surface area contributed by atoms with Gasteiger partial charge in [-0.05, 0) is 28.3 Å². The zero-order chi connectivity index (χ0) is 18.9. The number of rotatable bonds is 11. The van der Waals surface area contributed by atoms with Gasteiger partial charge in [-0.25, -0.2) is 0 Å². The highest BCUT2D eigenvalue weighted by Crippen LogP contribution is 2.40. The molecule has 0 aliphatic rings. The van der Waals surface area contributed by atoms with Gasteiger partial charge in [-0.15, -0.1) is 0 Å². The smallest absolute Gasteiger partial charge is 0.258 e. The Labute approximate surface area is 159 Å². The van der Waals surface area contributed by atoms with Gasteiger partial charge in [0.15, 0.2) is 0 Å². The molecule has 0 atom stereocenters. The lowest BCUT2D eigenvalue weighted by molar-refractivity contribution is -0.107. The van der Waals surface area contributed by atoms with Crippen molar-refractivity contribution in [1.29, 1.82) is 0 Å². The van der Waals surface area contributed by atoms with Crippen LogP contribution in [0.3, 0.4) is 0 Å². The van der Waals surface area contributed by atoms with Crippen LogP contribution < -0.4 is 10.4 Å². The number of unbranched alkanes of at least 4 members (excludes halogenated alkanes) is 5. The molecule has 0 unspecified atom stereocenters. The fourth-order valence-electron chi connectivity index (χ4n) is 3.81. The van der Waals surface area contributed by atoms with E-state index in [-0.39, 0.29) is 5.04 Å². The van der Waals surface area contributed by atoms with Crippen LogP contribution in [0.2, 0.25) is 5.04 Å². The minimum atomic E-state index is -2.86. The number of carbonyl (C=O) groups excluding carboxylic acids is 1. The second-order valence-electron chi connectivity index (χ2n) is 7.80. The van der Waals surface area contributed by atoms with Gasteiger partial charge < -0.3 is 9.59 Å². The van der Waals surface area contributed by atoms with E-state index in [1.54, 1.807) is 0 Å². The molecule has 140 valence electrons. The average Bonchev–Trinajstić information content (AvgIpc) is 2.68. The summed E-state index contributed by atoms with van der Waals surface area (Å²) in [6, 6.07) is 20.5. The molecule has 0 aliphatic carbocycles. The molecule has 0 amide bonds. The summed E-state index contributed by atoms with van der Waals surface area (Å²) in [4.78, 5) is 22.4. The van der Waals surface area contributed by atoms with Gasteiger partial charge in [0.25, 0.3) is 8.32 Å². The van der Waals surface area contributed by atoms with E-state index in [0.717, 1.165) is 48.8 Å². The molecule has 3 heteroatoms. The number of hydrogen-bond acceptors (Lipinski definition) is 2. The molecular formula is C23H32O2Si. The number of hydrogen-bond donors (Lipinski definition) is 1. The maximum Gasteiger partial charge on any atom is 0.258 e. The molecule has 2 rings (SSSR count). The lowest BCUT2D eigenvalue weighted by Gasteiger charge is -2.41. The van der Waals surface area contributed by atoms with Crippen LogP contribution >= 0.6 is 0 Å². The zero-order valence-electron chi connectivity index (χ0n) is 16.2. The monoisotopic (exact) mass is 368 g/mol. The summed E-state index contributed by atoms with van der Waals surface area (Å²) in [5.74, 6) is 0. The van der Waals surface area contributed by atoms with E-state index in [1.807, 2.05) is 36.4 Å². The van der Waals surface area contributed by atoms with Crippen LogP contribution in [0.15, 0.2) is 60.7 Å². The summed E-state index contributed by atoms with van der Waals surface area (Å²) in [5, 5.41) is 2.02. The van der Waals surface area contributed by atoms with Crippen molar-refractivity contribution in [3.05, 3.63) is 60.7 Å². The lowest BCUT2D eigenvalue weighted by atomic mass is 10.0. The van der Waals surface area contributed by atoms with Crippen molar-refractivity contribution in [3.8, 4) is 0 Å². The van der Waals surface area contributed by atoms with Gasteiger partial charge in [-0.2, -0.15) is 0 Å². The third kappa shape index (κ3) is 4.92. The van der Waals surface area contributed by atoms with E-state index >= 15 is 0 Å². The van der Waals surface area contributed by atoms with E-state index in [1.165, 1.54) is 6.42 Å². The maximum atomic E-state index is 12.1. The molecular weight excluding hydrogens is 336 g/mol. The van der Waals surface area contributed by atoms with Crippen molar-refractivity contribution in [2.24, 2.45) is 0 Å². The van der Waals surface area contributed by atoms with E-state index in [2.05, 4.69) is 38.1 Å². The van der Waals surface area contributed by atoms with Gasteiger partial charge in [0, 0.05) is 6.42 Å². The zero-order valence-corrected chi connectivity index (χ0v) is 17.2. The largest absolute Gasteiger partial charge is 0.424 e. The SMILES string of the molecule is CC(C)(CCCCCCCC=O)[Si](O)(c1ccccc1)c1ccccc1. The van der Waals surface area contributed by atoms with Gasteiger partial charge in [0.1, 0.15) is 6.29 Å². The van der Waals surface area contributed by atoms with Crippen LogP contribution in [0.1, 0.15) is 58.8 Å². The van der Waals surface area contributed by atoms with Crippen molar-refractivity contribution < 1.29 is 9.59 Å². The first kappa shape index (κ1) is 20.6. The maximum absolute atomic E-state index is 12.1. The third-order valence-corrected chi connectivity index (χ3v) is 10.0. The summed E-state index contributed by atoms with van der Waals surface area (Å²) in [6.45, 7) is 4.46. The molecule has 0 saturated heterocycles. The molecule has 26 heavy (non-hydrogen) atoms. The second-order valence-corrected chi connectivity index (χ2v) is 11.7. The van der Waals surface area contributed by atoms with Crippen LogP contribution in [0.5, 0.6) is 0 Å². The number of aldehydes is 1. The first-order valence-electron chi connectivity index (χ1n) is 9.79. The van der Waals surface area contributed by atoms with Crippen LogP contribution in [-0.2, 0) is 4.79 Å². The Kier molecular flexibility index (Phi) is 7.79. The van der Waals surface area contributed by atoms with Gasteiger partial charge >= 0.3 is 0 Å². The van der Waals surface area contributed by atoms with Gasteiger partial charge in [-0.1, -0.05) is 100 Å². The van der Waals surface area contributed by atoms with Crippen LogP contribution in [0, 0.1) is 0 Å². The highest BCUT2D eigenvalue weighted by atomic mass is 28.4. The highest BCUT2D eigenvalue weighted by Gasteiger charge is 2.49. The molecule has 1 N–H and O–H groups in total. The molecule has 0 spiro atoms. The molecule has 2 nitrogen and oxygen atoms in total. The van der Waals surface area contributed by atoms with Crippen molar-refractivity contribution in [2.45, 2.75) is 63.8 Å². The summed E-state index contributed by atoms with van der Waals surface area (Å²) >= 11 is 0. The van der Waals surface area contributed by atoms with E-state index < -0.39 is 8.32 Å². The van der Waals surface area contributed by atoms with Crippen molar-refractivity contribution in [2.75, 3.05) is 0 Å². The predicted octanol–water partition coefficient (Wildman–Crippen LogP) is 4.45. The third-order valence-electron chi connectivity index (χ3n) is 5.49. The Morgan fingerprint density at radius 1 is 0.808 bits per heavy atom. The molecule has 2 aromatic carbocycles. The Morgan fingerprint density at radius 3 is 1.77 bits per heavy atom. The fourth-order valence-corrected chi connectivity index (χ4v) is 7.60. The average molecular weight is 369 g/mol. The molecule has 0 aromatic heterocycles. The Hall–Kier alpha value is -1.71. The fraction of sp³-hybridized carbons (Fsp3) is 0.435. The minimum absolute atomic E-state index is 0.154. The van der Waals surface area contributed by atoms with Gasteiger partial charge in [0.2, 0.25) is 0 Å². The summed E-state index contributed by atoms with van der Waals surface area (Å²) in [6.07, 6.45) is 8.26. The molecule has 0 aliphatic heterocycles. The van der Waals surface area contributed by atoms with Crippen molar-refractivity contribution >= 4 is 25.0 Å².